The molecule has 0 fully saturated rings. The second-order valence-electron chi connectivity index (χ2n) is 5.48. The Morgan fingerprint density at radius 2 is 1.92 bits per heavy atom. The fourth-order valence-electron chi connectivity index (χ4n) is 2.75. The first-order valence-electron chi connectivity index (χ1n) is 7.53. The Morgan fingerprint density at radius 3 is 2.52 bits per heavy atom. The molecule has 0 spiro atoms. The summed E-state index contributed by atoms with van der Waals surface area (Å²) in [7, 11) is 0. The van der Waals surface area contributed by atoms with E-state index < -0.39 is 17.7 Å². The number of nitrogens with zero attached hydrogens (tertiary/aromatic N) is 3. The van der Waals surface area contributed by atoms with E-state index in [0.717, 1.165) is 18.0 Å². The van der Waals surface area contributed by atoms with E-state index in [2.05, 4.69) is 5.10 Å². The fraction of sp³-hybridized carbons (Fsp3) is 0.375. The number of halogens is 3. The summed E-state index contributed by atoms with van der Waals surface area (Å²) in [4.78, 5) is 13.8. The maximum Gasteiger partial charge on any atom is 0.416 e. The normalized spacial score (nSPS) is 16.8. The Balaban J connectivity index is 0.00000225. The van der Waals surface area contributed by atoms with Gasteiger partial charge in [0.1, 0.15) is 5.82 Å². The number of carbonyl (C=O) groups is 1. The maximum absolute atomic E-state index is 12.7. The van der Waals surface area contributed by atoms with Crippen LogP contribution in [0.5, 0.6) is 0 Å². The van der Waals surface area contributed by atoms with E-state index in [1.807, 2.05) is 0 Å². The predicted molar refractivity (Wildman–Crippen MR) is 91.2 cm³/mol. The van der Waals surface area contributed by atoms with Gasteiger partial charge in [-0.15, -0.1) is 0 Å². The van der Waals surface area contributed by atoms with Crippen LogP contribution >= 0.6 is 13.5 Å². The van der Waals surface area contributed by atoms with Crippen molar-refractivity contribution in [3.63, 3.8) is 0 Å². The first-order chi connectivity index (χ1) is 11.4. The fourth-order valence-corrected chi connectivity index (χ4v) is 2.75. The first kappa shape index (κ1) is 19.2. The van der Waals surface area contributed by atoms with Gasteiger partial charge in [-0.3, -0.25) is 4.79 Å². The van der Waals surface area contributed by atoms with Crippen molar-refractivity contribution in [1.82, 2.24) is 9.78 Å². The average Bonchev–Trinajstić information content (AvgIpc) is 3.02. The summed E-state index contributed by atoms with van der Waals surface area (Å²) >= 11 is 0. The number of carbonyl (C=O) groups excluding carboxylic acids is 1. The number of rotatable bonds is 3. The molecule has 1 aliphatic rings. The monoisotopic (exact) mass is 373 g/mol. The largest absolute Gasteiger partial charge is 0.466 e. The van der Waals surface area contributed by atoms with Crippen LogP contribution in [-0.2, 0) is 22.3 Å². The summed E-state index contributed by atoms with van der Waals surface area (Å²) in [5, 5.41) is 4.17. The molecule has 3 rings (SSSR count). The van der Waals surface area contributed by atoms with Crippen molar-refractivity contribution in [2.75, 3.05) is 18.1 Å². The van der Waals surface area contributed by atoms with E-state index in [1.165, 1.54) is 12.1 Å². The van der Waals surface area contributed by atoms with E-state index >= 15 is 0 Å². The number of esters is 1. The number of fused-ring (bicyclic) bond motifs is 1. The Bertz CT molecular complexity index is 731. The maximum atomic E-state index is 12.7. The molecule has 0 radical (unpaired) electrons. The van der Waals surface area contributed by atoms with Crippen molar-refractivity contribution in [2.24, 2.45) is 5.92 Å². The summed E-state index contributed by atoms with van der Waals surface area (Å²) < 4.78 is 44.9. The predicted octanol–water partition coefficient (Wildman–Crippen LogP) is 3.35. The summed E-state index contributed by atoms with van der Waals surface area (Å²) in [5.74, 6) is -0.0366. The molecule has 0 bridgehead atoms. The molecule has 1 atom stereocenters. The Labute approximate surface area is 149 Å². The molecule has 2 heterocycles. The van der Waals surface area contributed by atoms with E-state index in [9.17, 15) is 18.0 Å². The molecule has 9 heteroatoms. The van der Waals surface area contributed by atoms with Crippen molar-refractivity contribution in [3.05, 3.63) is 42.1 Å². The highest BCUT2D eigenvalue weighted by Crippen LogP contribution is 2.34. The summed E-state index contributed by atoms with van der Waals surface area (Å²) in [6.07, 6.45) is -2.78. The minimum atomic E-state index is -4.38. The number of aromatic nitrogens is 2. The molecule has 25 heavy (non-hydrogen) atoms. The molecule has 136 valence electrons. The standard InChI is InChI=1S/C16H16F3N3O2.H2S/c1-2-24-15(23)11-9-21(14-7-8-20-22(14)10-11)13-5-3-12(4-6-13)16(17,18)19;/h3-8,11H,2,9-10H2,1H3;1H2. The van der Waals surface area contributed by atoms with E-state index in [-0.39, 0.29) is 26.1 Å². The molecule has 1 aliphatic heterocycles. The SMILES string of the molecule is CCOC(=O)C1CN(c2ccc(C(F)(F)F)cc2)c2ccnn2C1.S. The van der Waals surface area contributed by atoms with Crippen molar-refractivity contribution in [2.45, 2.75) is 19.6 Å². The van der Waals surface area contributed by atoms with Gasteiger partial charge in [0.15, 0.2) is 0 Å². The number of ether oxygens (including phenoxy) is 1. The number of benzene rings is 1. The van der Waals surface area contributed by atoms with Crippen LogP contribution in [-0.4, -0.2) is 28.9 Å². The highest BCUT2D eigenvalue weighted by molar-refractivity contribution is 7.59. The van der Waals surface area contributed by atoms with E-state index in [0.29, 0.717) is 18.8 Å². The highest BCUT2D eigenvalue weighted by atomic mass is 32.1. The topological polar surface area (TPSA) is 47.4 Å². The third-order valence-electron chi connectivity index (χ3n) is 3.89. The zero-order valence-corrected chi connectivity index (χ0v) is 14.5. The zero-order valence-electron chi connectivity index (χ0n) is 13.5. The minimum absolute atomic E-state index is 0. The summed E-state index contributed by atoms with van der Waals surface area (Å²) in [5.41, 5.74) is -0.141. The highest BCUT2D eigenvalue weighted by Gasteiger charge is 2.33. The van der Waals surface area contributed by atoms with Crippen LogP contribution in [0.1, 0.15) is 12.5 Å². The number of hydrogen-bond donors (Lipinski definition) is 0. The minimum Gasteiger partial charge on any atom is -0.466 e. The van der Waals surface area contributed by atoms with Crippen LogP contribution in [0.15, 0.2) is 36.5 Å². The van der Waals surface area contributed by atoms with Crippen LogP contribution in [0.2, 0.25) is 0 Å². The van der Waals surface area contributed by atoms with Crippen LogP contribution in [0.3, 0.4) is 0 Å². The van der Waals surface area contributed by atoms with Gasteiger partial charge < -0.3 is 9.64 Å². The average molecular weight is 373 g/mol. The molecule has 0 aliphatic carbocycles. The van der Waals surface area contributed by atoms with Crippen LogP contribution in [0.4, 0.5) is 24.7 Å². The van der Waals surface area contributed by atoms with Gasteiger partial charge in [-0.05, 0) is 31.2 Å². The van der Waals surface area contributed by atoms with Gasteiger partial charge in [-0.25, -0.2) is 4.68 Å². The molecular formula is C16H18F3N3O2S. The molecule has 0 amide bonds. The Morgan fingerprint density at radius 1 is 1.24 bits per heavy atom. The van der Waals surface area contributed by atoms with Crippen LogP contribution in [0, 0.1) is 5.92 Å². The van der Waals surface area contributed by atoms with Crippen LogP contribution in [0.25, 0.3) is 0 Å². The molecule has 1 aromatic carbocycles. The third kappa shape index (κ3) is 3.92. The molecular weight excluding hydrogens is 355 g/mol. The van der Waals surface area contributed by atoms with Crippen molar-refractivity contribution < 1.29 is 22.7 Å². The van der Waals surface area contributed by atoms with Gasteiger partial charge >= 0.3 is 12.1 Å². The number of alkyl halides is 3. The smallest absolute Gasteiger partial charge is 0.416 e. The van der Waals surface area contributed by atoms with Gasteiger partial charge in [0.25, 0.3) is 0 Å². The van der Waals surface area contributed by atoms with Crippen molar-refractivity contribution in [3.8, 4) is 0 Å². The molecule has 0 saturated carbocycles. The van der Waals surface area contributed by atoms with E-state index in [1.54, 1.807) is 28.8 Å². The van der Waals surface area contributed by atoms with Crippen LogP contribution < -0.4 is 4.90 Å². The molecule has 0 N–H and O–H groups in total. The number of hydrogen-bond acceptors (Lipinski definition) is 4. The Kier molecular flexibility index (Phi) is 5.66. The molecule has 1 unspecified atom stereocenters. The second kappa shape index (κ2) is 7.38. The van der Waals surface area contributed by atoms with Gasteiger partial charge in [-0.1, -0.05) is 0 Å². The summed E-state index contributed by atoms with van der Waals surface area (Å²) in [6.45, 7) is 2.73. The lowest BCUT2D eigenvalue weighted by molar-refractivity contribution is -0.148. The van der Waals surface area contributed by atoms with Gasteiger partial charge in [0, 0.05) is 18.3 Å². The molecule has 2 aromatic rings. The van der Waals surface area contributed by atoms with Crippen molar-refractivity contribution in [1.29, 1.82) is 0 Å². The van der Waals surface area contributed by atoms with Gasteiger partial charge in [0.05, 0.1) is 30.8 Å². The lowest BCUT2D eigenvalue weighted by Crippen LogP contribution is -2.40. The third-order valence-corrected chi connectivity index (χ3v) is 3.89. The molecule has 0 saturated heterocycles. The second-order valence-corrected chi connectivity index (χ2v) is 5.48. The van der Waals surface area contributed by atoms with Crippen molar-refractivity contribution >= 4 is 31.0 Å². The molecule has 1 aromatic heterocycles. The van der Waals surface area contributed by atoms with E-state index in [4.69, 9.17) is 4.74 Å². The van der Waals surface area contributed by atoms with Gasteiger partial charge in [-0.2, -0.15) is 31.8 Å². The van der Waals surface area contributed by atoms with Gasteiger partial charge in [0.2, 0.25) is 0 Å². The zero-order chi connectivity index (χ0) is 17.3. The molecule has 5 nitrogen and oxygen atoms in total. The first-order valence-corrected chi connectivity index (χ1v) is 7.53. The number of anilines is 2. The lowest BCUT2D eigenvalue weighted by atomic mass is 10.1. The quantitative estimate of drug-likeness (QED) is 0.775. The Hall–Kier alpha value is -2.16. The summed E-state index contributed by atoms with van der Waals surface area (Å²) in [6, 6.07) is 6.62. The lowest BCUT2D eigenvalue weighted by Gasteiger charge is -2.33.